The van der Waals surface area contributed by atoms with Crippen molar-refractivity contribution in [3.05, 3.63) is 30.1 Å². The third-order valence-corrected chi connectivity index (χ3v) is 3.21. The van der Waals surface area contributed by atoms with Gasteiger partial charge in [0.25, 0.3) is 0 Å². The number of rotatable bonds is 2. The Labute approximate surface area is 110 Å². The minimum atomic E-state index is -0.458. The van der Waals surface area contributed by atoms with Gasteiger partial charge in [-0.25, -0.2) is 9.37 Å². The Balaban J connectivity index is 2.03. The zero-order chi connectivity index (χ0) is 13.4. The fraction of sp³-hybridized carbons (Fsp3) is 0.231. The SMILES string of the molecule is Nc1nc(-c2ccc(N)c(F)c2)cc(N2CCC2)n1. The van der Waals surface area contributed by atoms with E-state index in [4.69, 9.17) is 11.5 Å². The molecule has 0 amide bonds. The summed E-state index contributed by atoms with van der Waals surface area (Å²) in [4.78, 5) is 10.4. The number of nitrogens with zero attached hydrogens (tertiary/aromatic N) is 3. The summed E-state index contributed by atoms with van der Waals surface area (Å²) in [5.41, 5.74) is 12.5. The van der Waals surface area contributed by atoms with Crippen LogP contribution in [0.4, 0.5) is 21.8 Å². The van der Waals surface area contributed by atoms with Crippen molar-refractivity contribution in [3.8, 4) is 11.3 Å². The summed E-state index contributed by atoms with van der Waals surface area (Å²) in [6, 6.07) is 6.42. The van der Waals surface area contributed by atoms with E-state index in [2.05, 4.69) is 14.9 Å². The third-order valence-electron chi connectivity index (χ3n) is 3.21. The average molecular weight is 259 g/mol. The number of aromatic nitrogens is 2. The van der Waals surface area contributed by atoms with E-state index in [1.165, 1.54) is 12.1 Å². The second-order valence-corrected chi connectivity index (χ2v) is 4.55. The molecule has 1 fully saturated rings. The minimum absolute atomic E-state index is 0.119. The van der Waals surface area contributed by atoms with Gasteiger partial charge in [0.05, 0.1) is 11.4 Å². The van der Waals surface area contributed by atoms with Crippen molar-refractivity contribution in [2.45, 2.75) is 6.42 Å². The molecule has 0 radical (unpaired) electrons. The van der Waals surface area contributed by atoms with Gasteiger partial charge in [0.15, 0.2) is 0 Å². The Bertz CT molecular complexity index is 624. The first-order valence-electron chi connectivity index (χ1n) is 6.08. The predicted molar refractivity (Wildman–Crippen MR) is 73.1 cm³/mol. The summed E-state index contributed by atoms with van der Waals surface area (Å²) in [6.45, 7) is 1.93. The van der Waals surface area contributed by atoms with Gasteiger partial charge in [-0.1, -0.05) is 6.07 Å². The molecule has 1 aromatic heterocycles. The summed E-state index contributed by atoms with van der Waals surface area (Å²) < 4.78 is 13.5. The topological polar surface area (TPSA) is 81.1 Å². The molecule has 98 valence electrons. The summed E-state index contributed by atoms with van der Waals surface area (Å²) >= 11 is 0. The lowest BCUT2D eigenvalue weighted by Gasteiger charge is -2.32. The molecular formula is C13H14FN5. The largest absolute Gasteiger partial charge is 0.396 e. The molecule has 0 atom stereocenters. The van der Waals surface area contributed by atoms with Crippen LogP contribution in [0.5, 0.6) is 0 Å². The van der Waals surface area contributed by atoms with Crippen LogP contribution in [0.15, 0.2) is 24.3 Å². The first kappa shape index (κ1) is 11.7. The maximum atomic E-state index is 13.5. The van der Waals surface area contributed by atoms with Crippen molar-refractivity contribution >= 4 is 17.5 Å². The molecule has 0 saturated carbocycles. The second-order valence-electron chi connectivity index (χ2n) is 4.55. The second kappa shape index (κ2) is 4.38. The van der Waals surface area contributed by atoms with Crippen LogP contribution in [0.25, 0.3) is 11.3 Å². The van der Waals surface area contributed by atoms with Crippen LogP contribution >= 0.6 is 0 Å². The van der Waals surface area contributed by atoms with Gasteiger partial charge in [0, 0.05) is 24.7 Å². The fourth-order valence-electron chi connectivity index (χ4n) is 1.99. The van der Waals surface area contributed by atoms with Gasteiger partial charge in [-0.3, -0.25) is 0 Å². The zero-order valence-corrected chi connectivity index (χ0v) is 10.3. The number of benzene rings is 1. The Kier molecular flexibility index (Phi) is 2.70. The maximum absolute atomic E-state index is 13.5. The molecule has 5 nitrogen and oxygen atoms in total. The molecule has 1 aliphatic heterocycles. The van der Waals surface area contributed by atoms with Gasteiger partial charge >= 0.3 is 0 Å². The number of nitrogen functional groups attached to an aromatic ring is 2. The third kappa shape index (κ3) is 2.16. The number of nitrogens with two attached hydrogens (primary N) is 2. The van der Waals surface area contributed by atoms with E-state index in [1.54, 1.807) is 6.07 Å². The van der Waals surface area contributed by atoms with Gasteiger partial charge < -0.3 is 16.4 Å². The normalized spacial score (nSPS) is 14.3. The molecule has 6 heteroatoms. The van der Waals surface area contributed by atoms with Gasteiger partial charge in [-0.05, 0) is 18.6 Å². The molecule has 1 aromatic carbocycles. The smallest absolute Gasteiger partial charge is 0.222 e. The lowest BCUT2D eigenvalue weighted by molar-refractivity contribution is 0.609. The molecule has 1 saturated heterocycles. The van der Waals surface area contributed by atoms with E-state index in [1.807, 2.05) is 6.07 Å². The van der Waals surface area contributed by atoms with E-state index >= 15 is 0 Å². The summed E-state index contributed by atoms with van der Waals surface area (Å²) in [6.07, 6.45) is 1.15. The Morgan fingerprint density at radius 1 is 1.11 bits per heavy atom. The van der Waals surface area contributed by atoms with Crippen molar-refractivity contribution in [2.24, 2.45) is 0 Å². The molecular weight excluding hydrogens is 245 g/mol. The molecule has 4 N–H and O–H groups in total. The van der Waals surface area contributed by atoms with Crippen LogP contribution in [0.1, 0.15) is 6.42 Å². The van der Waals surface area contributed by atoms with E-state index in [9.17, 15) is 4.39 Å². The van der Waals surface area contributed by atoms with Crippen molar-refractivity contribution in [3.63, 3.8) is 0 Å². The molecule has 3 rings (SSSR count). The summed E-state index contributed by atoms with van der Waals surface area (Å²) in [5.74, 6) is 0.516. The van der Waals surface area contributed by atoms with Crippen molar-refractivity contribution in [1.82, 2.24) is 9.97 Å². The molecule has 2 heterocycles. The highest BCUT2D eigenvalue weighted by Crippen LogP contribution is 2.26. The number of halogens is 1. The Morgan fingerprint density at radius 3 is 2.53 bits per heavy atom. The molecule has 0 bridgehead atoms. The predicted octanol–water partition coefficient (Wildman–Crippen LogP) is 1.66. The Hall–Kier alpha value is -2.37. The van der Waals surface area contributed by atoms with E-state index < -0.39 is 5.82 Å². The van der Waals surface area contributed by atoms with Gasteiger partial charge in [-0.2, -0.15) is 4.98 Å². The molecule has 2 aromatic rings. The van der Waals surface area contributed by atoms with Crippen molar-refractivity contribution in [2.75, 3.05) is 29.5 Å². The standard InChI is InChI=1S/C13H14FN5/c14-9-6-8(2-3-10(9)15)11-7-12(18-13(16)17-11)19-4-1-5-19/h2-3,6-7H,1,4-5,15H2,(H2,16,17,18). The summed E-state index contributed by atoms with van der Waals surface area (Å²) in [5, 5.41) is 0. The van der Waals surface area contributed by atoms with Gasteiger partial charge in [0.1, 0.15) is 11.6 Å². The van der Waals surface area contributed by atoms with E-state index in [-0.39, 0.29) is 11.6 Å². The minimum Gasteiger partial charge on any atom is -0.396 e. The molecule has 0 aliphatic carbocycles. The highest BCUT2D eigenvalue weighted by atomic mass is 19.1. The molecule has 0 spiro atoms. The highest BCUT2D eigenvalue weighted by molar-refractivity contribution is 5.66. The number of anilines is 3. The zero-order valence-electron chi connectivity index (χ0n) is 10.3. The van der Waals surface area contributed by atoms with Crippen LogP contribution in [0, 0.1) is 5.82 Å². The fourth-order valence-corrected chi connectivity index (χ4v) is 1.99. The van der Waals surface area contributed by atoms with Crippen LogP contribution in [-0.2, 0) is 0 Å². The van der Waals surface area contributed by atoms with Gasteiger partial charge in [0.2, 0.25) is 5.95 Å². The first-order chi connectivity index (χ1) is 9.13. The quantitative estimate of drug-likeness (QED) is 0.801. The molecule has 19 heavy (non-hydrogen) atoms. The average Bonchev–Trinajstić information content (AvgIpc) is 2.29. The Morgan fingerprint density at radius 2 is 1.89 bits per heavy atom. The molecule has 0 unspecified atom stereocenters. The van der Waals surface area contributed by atoms with Crippen LogP contribution in [-0.4, -0.2) is 23.1 Å². The lowest BCUT2D eigenvalue weighted by Crippen LogP contribution is -2.37. The number of hydrogen-bond acceptors (Lipinski definition) is 5. The first-order valence-corrected chi connectivity index (χ1v) is 6.08. The summed E-state index contributed by atoms with van der Waals surface area (Å²) in [7, 11) is 0. The lowest BCUT2D eigenvalue weighted by atomic mass is 10.1. The van der Waals surface area contributed by atoms with E-state index in [0.29, 0.717) is 11.3 Å². The van der Waals surface area contributed by atoms with Crippen LogP contribution in [0.3, 0.4) is 0 Å². The number of hydrogen-bond donors (Lipinski definition) is 2. The van der Waals surface area contributed by atoms with Crippen molar-refractivity contribution in [1.29, 1.82) is 0 Å². The molecule has 1 aliphatic rings. The monoisotopic (exact) mass is 259 g/mol. The van der Waals surface area contributed by atoms with Crippen molar-refractivity contribution < 1.29 is 4.39 Å². The van der Waals surface area contributed by atoms with E-state index in [0.717, 1.165) is 25.3 Å². The highest BCUT2D eigenvalue weighted by Gasteiger charge is 2.17. The van der Waals surface area contributed by atoms with Gasteiger partial charge in [-0.15, -0.1) is 0 Å². The van der Waals surface area contributed by atoms with Crippen LogP contribution in [0.2, 0.25) is 0 Å². The maximum Gasteiger partial charge on any atom is 0.222 e. The van der Waals surface area contributed by atoms with Crippen LogP contribution < -0.4 is 16.4 Å².